The van der Waals surface area contributed by atoms with Crippen LogP contribution in [-0.4, -0.2) is 64.1 Å². The Morgan fingerprint density at radius 1 is 1.40 bits per heavy atom. The van der Waals surface area contributed by atoms with Gasteiger partial charge in [-0.2, -0.15) is 0 Å². The van der Waals surface area contributed by atoms with Gasteiger partial charge in [-0.1, -0.05) is 6.07 Å². The highest BCUT2D eigenvalue weighted by Gasteiger charge is 2.28. The number of carbonyl (C=O) groups is 1. The molecule has 134 valence electrons. The van der Waals surface area contributed by atoms with Crippen LogP contribution >= 0.6 is 0 Å². The van der Waals surface area contributed by atoms with Gasteiger partial charge in [0.2, 0.25) is 0 Å². The van der Waals surface area contributed by atoms with Crippen LogP contribution < -0.4 is 0 Å². The molecule has 1 aliphatic rings. The van der Waals surface area contributed by atoms with Crippen molar-refractivity contribution >= 4 is 5.91 Å². The number of phenolic OH excluding ortho intramolecular Hbond substituents is 1. The number of aromatic nitrogens is 2. The minimum atomic E-state index is -0.0213. The molecule has 1 amide bonds. The molecule has 1 saturated heterocycles. The second-order valence-corrected chi connectivity index (χ2v) is 6.92. The Balaban J connectivity index is 1.71. The Bertz CT molecular complexity index is 726. The first-order valence-electron chi connectivity index (χ1n) is 8.78. The number of nitrogens with zero attached hydrogens (tertiary/aromatic N) is 4. The van der Waals surface area contributed by atoms with Crippen LogP contribution in [0.15, 0.2) is 36.7 Å². The number of phenols is 1. The fourth-order valence-electron chi connectivity index (χ4n) is 3.37. The molecule has 1 aromatic heterocycles. The molecule has 3 rings (SSSR count). The monoisotopic (exact) mass is 342 g/mol. The Labute approximate surface area is 148 Å². The number of amides is 1. The van der Waals surface area contributed by atoms with E-state index in [4.69, 9.17) is 0 Å². The van der Waals surface area contributed by atoms with Gasteiger partial charge in [-0.3, -0.25) is 4.79 Å². The van der Waals surface area contributed by atoms with Crippen molar-refractivity contribution in [1.82, 2.24) is 19.4 Å². The van der Waals surface area contributed by atoms with E-state index in [0.717, 1.165) is 38.3 Å². The number of benzene rings is 1. The molecule has 2 heterocycles. The molecule has 0 unspecified atom stereocenters. The molecule has 1 fully saturated rings. The number of hydrogen-bond acceptors (Lipinski definition) is 4. The second kappa shape index (κ2) is 7.70. The molecule has 1 aliphatic heterocycles. The van der Waals surface area contributed by atoms with Gasteiger partial charge in [0, 0.05) is 50.1 Å². The SMILES string of the molecule is CN(C)CCn1ccnc1[C@@H]1CCCN(C(=O)c2cccc(O)c2)C1. The lowest BCUT2D eigenvalue weighted by Crippen LogP contribution is -2.39. The smallest absolute Gasteiger partial charge is 0.254 e. The summed E-state index contributed by atoms with van der Waals surface area (Å²) in [5, 5.41) is 9.61. The molecule has 6 heteroatoms. The van der Waals surface area contributed by atoms with E-state index >= 15 is 0 Å². The molecule has 1 atom stereocenters. The zero-order valence-corrected chi connectivity index (χ0v) is 14.9. The van der Waals surface area contributed by atoms with Crippen LogP contribution in [0.3, 0.4) is 0 Å². The fraction of sp³-hybridized carbons (Fsp3) is 0.474. The summed E-state index contributed by atoms with van der Waals surface area (Å²) in [5.41, 5.74) is 0.539. The number of imidazole rings is 1. The highest BCUT2D eigenvalue weighted by atomic mass is 16.3. The minimum absolute atomic E-state index is 0.0213. The van der Waals surface area contributed by atoms with Crippen LogP contribution in [0.5, 0.6) is 5.75 Å². The second-order valence-electron chi connectivity index (χ2n) is 6.92. The third kappa shape index (κ3) is 4.20. The molecule has 2 aromatic rings. The molecule has 0 bridgehead atoms. The largest absolute Gasteiger partial charge is 0.508 e. The maximum atomic E-state index is 12.7. The van der Waals surface area contributed by atoms with Gasteiger partial charge in [0.25, 0.3) is 5.91 Å². The van der Waals surface area contributed by atoms with Crippen molar-refractivity contribution in [3.8, 4) is 5.75 Å². The average Bonchev–Trinajstić information content (AvgIpc) is 3.08. The number of aromatic hydroxyl groups is 1. The fourth-order valence-corrected chi connectivity index (χ4v) is 3.37. The molecule has 0 radical (unpaired) electrons. The van der Waals surface area contributed by atoms with Crippen LogP contribution in [0.2, 0.25) is 0 Å². The Morgan fingerprint density at radius 2 is 2.24 bits per heavy atom. The van der Waals surface area contributed by atoms with Gasteiger partial charge in [-0.25, -0.2) is 4.98 Å². The molecule has 25 heavy (non-hydrogen) atoms. The summed E-state index contributed by atoms with van der Waals surface area (Å²) in [6.45, 7) is 3.29. The van der Waals surface area contributed by atoms with E-state index in [9.17, 15) is 9.90 Å². The average molecular weight is 342 g/mol. The highest BCUT2D eigenvalue weighted by Crippen LogP contribution is 2.27. The number of hydrogen-bond donors (Lipinski definition) is 1. The lowest BCUT2D eigenvalue weighted by molar-refractivity contribution is 0.0702. The standard InChI is InChI=1S/C19H26N4O2/c1-21(2)11-12-22-10-8-20-18(22)16-6-4-9-23(14-16)19(25)15-5-3-7-17(24)13-15/h3,5,7-8,10,13,16,24H,4,6,9,11-12,14H2,1-2H3/t16-/m1/s1. The van der Waals surface area contributed by atoms with Crippen molar-refractivity contribution in [3.63, 3.8) is 0 Å². The number of likely N-dealkylation sites (N-methyl/N-ethyl adjacent to an activating group) is 1. The molecule has 0 aliphatic carbocycles. The Hall–Kier alpha value is -2.34. The van der Waals surface area contributed by atoms with Crippen LogP contribution in [-0.2, 0) is 6.54 Å². The molecule has 1 N–H and O–H groups in total. The van der Waals surface area contributed by atoms with Crippen molar-refractivity contribution in [1.29, 1.82) is 0 Å². The van der Waals surface area contributed by atoms with Gasteiger partial charge >= 0.3 is 0 Å². The highest BCUT2D eigenvalue weighted by molar-refractivity contribution is 5.94. The molecule has 1 aromatic carbocycles. The predicted molar refractivity (Wildman–Crippen MR) is 96.8 cm³/mol. The summed E-state index contributed by atoms with van der Waals surface area (Å²) in [6.07, 6.45) is 5.88. The summed E-state index contributed by atoms with van der Waals surface area (Å²) in [5.74, 6) is 1.42. The van der Waals surface area contributed by atoms with Crippen molar-refractivity contribution in [2.75, 3.05) is 33.7 Å². The van der Waals surface area contributed by atoms with Crippen molar-refractivity contribution in [2.45, 2.75) is 25.3 Å². The summed E-state index contributed by atoms with van der Waals surface area (Å²) >= 11 is 0. The Kier molecular flexibility index (Phi) is 5.38. The summed E-state index contributed by atoms with van der Waals surface area (Å²) in [4.78, 5) is 21.4. The van der Waals surface area contributed by atoms with E-state index in [1.807, 2.05) is 17.3 Å². The van der Waals surface area contributed by atoms with Crippen LogP contribution in [0.25, 0.3) is 0 Å². The maximum absolute atomic E-state index is 12.7. The first-order valence-corrected chi connectivity index (χ1v) is 8.78. The number of rotatable bonds is 5. The number of likely N-dealkylation sites (tertiary alicyclic amines) is 1. The number of carbonyl (C=O) groups excluding carboxylic acids is 1. The first-order chi connectivity index (χ1) is 12.0. The van der Waals surface area contributed by atoms with E-state index in [2.05, 4.69) is 28.5 Å². The van der Waals surface area contributed by atoms with E-state index < -0.39 is 0 Å². The number of piperidine rings is 1. The molecular formula is C19H26N4O2. The van der Waals surface area contributed by atoms with E-state index in [1.54, 1.807) is 18.2 Å². The van der Waals surface area contributed by atoms with Crippen molar-refractivity contribution < 1.29 is 9.90 Å². The summed E-state index contributed by atoms with van der Waals surface area (Å²) in [7, 11) is 4.12. The van der Waals surface area contributed by atoms with Gasteiger partial charge in [0.1, 0.15) is 11.6 Å². The first kappa shape index (κ1) is 17.5. The summed E-state index contributed by atoms with van der Waals surface area (Å²) in [6, 6.07) is 6.57. The third-order valence-electron chi connectivity index (χ3n) is 4.70. The van der Waals surface area contributed by atoms with Gasteiger partial charge in [0.15, 0.2) is 0 Å². The summed E-state index contributed by atoms with van der Waals surface area (Å²) < 4.78 is 2.20. The van der Waals surface area contributed by atoms with E-state index in [0.29, 0.717) is 12.1 Å². The topological polar surface area (TPSA) is 61.6 Å². The maximum Gasteiger partial charge on any atom is 0.254 e. The minimum Gasteiger partial charge on any atom is -0.508 e. The molecular weight excluding hydrogens is 316 g/mol. The van der Waals surface area contributed by atoms with Crippen LogP contribution in [0.4, 0.5) is 0 Å². The van der Waals surface area contributed by atoms with Crippen LogP contribution in [0, 0.1) is 0 Å². The van der Waals surface area contributed by atoms with Crippen molar-refractivity contribution in [2.24, 2.45) is 0 Å². The lowest BCUT2D eigenvalue weighted by Gasteiger charge is -2.33. The zero-order valence-electron chi connectivity index (χ0n) is 14.9. The van der Waals surface area contributed by atoms with Gasteiger partial charge < -0.3 is 19.5 Å². The lowest BCUT2D eigenvalue weighted by atomic mass is 9.96. The predicted octanol–water partition coefficient (Wildman–Crippen LogP) is 2.17. The molecule has 6 nitrogen and oxygen atoms in total. The Morgan fingerprint density at radius 3 is 3.00 bits per heavy atom. The van der Waals surface area contributed by atoms with Gasteiger partial charge in [-0.15, -0.1) is 0 Å². The van der Waals surface area contributed by atoms with E-state index in [1.165, 1.54) is 6.07 Å². The van der Waals surface area contributed by atoms with Gasteiger partial charge in [-0.05, 0) is 45.1 Å². The molecule has 0 saturated carbocycles. The zero-order chi connectivity index (χ0) is 17.8. The normalized spacial score (nSPS) is 17.9. The van der Waals surface area contributed by atoms with Crippen LogP contribution in [0.1, 0.15) is 34.9 Å². The quantitative estimate of drug-likeness (QED) is 0.905. The molecule has 0 spiro atoms. The third-order valence-corrected chi connectivity index (χ3v) is 4.70. The van der Waals surface area contributed by atoms with E-state index in [-0.39, 0.29) is 17.6 Å². The van der Waals surface area contributed by atoms with Crippen molar-refractivity contribution in [3.05, 3.63) is 48.0 Å². The van der Waals surface area contributed by atoms with Gasteiger partial charge in [0.05, 0.1) is 0 Å².